The Labute approximate surface area is 92.4 Å². The Morgan fingerprint density at radius 1 is 1.53 bits per heavy atom. The lowest BCUT2D eigenvalue weighted by Crippen LogP contribution is -2.26. The van der Waals surface area contributed by atoms with Gasteiger partial charge in [-0.05, 0) is 37.0 Å². The predicted octanol–water partition coefficient (Wildman–Crippen LogP) is 2.62. The molecular weight excluding hydrogens is 217 g/mol. The van der Waals surface area contributed by atoms with E-state index in [4.69, 9.17) is 11.6 Å². The predicted molar refractivity (Wildman–Crippen MR) is 56.5 cm³/mol. The number of carbonyl (C=O) groups excluding carboxylic acids is 1. The topological polar surface area (TPSA) is 29.1 Å². The van der Waals surface area contributed by atoms with Gasteiger partial charge in [0.25, 0.3) is 5.91 Å². The van der Waals surface area contributed by atoms with Crippen LogP contribution >= 0.6 is 11.6 Å². The molecule has 0 aliphatic heterocycles. The van der Waals surface area contributed by atoms with Crippen LogP contribution in [0.3, 0.4) is 0 Å². The maximum absolute atomic E-state index is 13.3. The van der Waals surface area contributed by atoms with Crippen LogP contribution in [0.4, 0.5) is 4.39 Å². The van der Waals surface area contributed by atoms with Crippen LogP contribution in [-0.2, 0) is 0 Å². The number of rotatable bonds is 3. The molecule has 1 N–H and O–H groups in total. The van der Waals surface area contributed by atoms with Gasteiger partial charge in [0.1, 0.15) is 5.82 Å². The van der Waals surface area contributed by atoms with Gasteiger partial charge in [-0.2, -0.15) is 0 Å². The van der Waals surface area contributed by atoms with Gasteiger partial charge in [0.15, 0.2) is 0 Å². The fourth-order valence-corrected chi connectivity index (χ4v) is 1.49. The maximum atomic E-state index is 13.3. The molecule has 0 spiro atoms. The van der Waals surface area contributed by atoms with Crippen molar-refractivity contribution in [2.45, 2.75) is 12.8 Å². The highest BCUT2D eigenvalue weighted by Gasteiger charge is 2.22. The van der Waals surface area contributed by atoms with Gasteiger partial charge in [-0.1, -0.05) is 11.6 Å². The lowest BCUT2D eigenvalue weighted by Gasteiger charge is -2.05. The summed E-state index contributed by atoms with van der Waals surface area (Å²) in [6.45, 7) is 0.640. The molecular formula is C11H11ClFNO. The molecule has 2 rings (SSSR count). The Hall–Kier alpha value is -1.09. The average Bonchev–Trinajstić information content (AvgIpc) is 2.97. The summed E-state index contributed by atoms with van der Waals surface area (Å²) in [7, 11) is 0. The SMILES string of the molecule is O=C(NCC1CC1)c1ccc(Cl)cc1F. The van der Waals surface area contributed by atoms with Gasteiger partial charge >= 0.3 is 0 Å². The largest absolute Gasteiger partial charge is 0.352 e. The van der Waals surface area contributed by atoms with Crippen molar-refractivity contribution in [3.05, 3.63) is 34.6 Å². The fourth-order valence-electron chi connectivity index (χ4n) is 1.33. The Kier molecular flexibility index (Phi) is 2.91. The zero-order valence-corrected chi connectivity index (χ0v) is 8.85. The highest BCUT2D eigenvalue weighted by molar-refractivity contribution is 6.30. The summed E-state index contributed by atoms with van der Waals surface area (Å²) < 4.78 is 13.3. The van der Waals surface area contributed by atoms with E-state index in [1.54, 1.807) is 0 Å². The Bertz CT molecular complexity index is 390. The summed E-state index contributed by atoms with van der Waals surface area (Å²) in [5, 5.41) is 3.00. The second-order valence-electron chi connectivity index (χ2n) is 3.78. The van der Waals surface area contributed by atoms with Crippen LogP contribution in [0, 0.1) is 11.7 Å². The standard InChI is InChI=1S/C11H11ClFNO/c12-8-3-4-9(10(13)5-8)11(15)14-6-7-1-2-7/h3-5,7H,1-2,6H2,(H,14,15). The molecule has 0 radical (unpaired) electrons. The molecule has 0 heterocycles. The number of benzene rings is 1. The molecule has 1 aliphatic rings. The van der Waals surface area contributed by atoms with Crippen LogP contribution in [0.25, 0.3) is 0 Å². The monoisotopic (exact) mass is 227 g/mol. The molecule has 0 aromatic heterocycles. The first-order chi connectivity index (χ1) is 7.16. The normalized spacial score (nSPS) is 15.1. The Balaban J connectivity index is 2.03. The zero-order chi connectivity index (χ0) is 10.8. The van der Waals surface area contributed by atoms with E-state index in [9.17, 15) is 9.18 Å². The molecule has 0 saturated heterocycles. The molecule has 1 amide bonds. The molecule has 1 aromatic carbocycles. The van der Waals surface area contributed by atoms with Crippen LogP contribution in [0.15, 0.2) is 18.2 Å². The van der Waals surface area contributed by atoms with E-state index in [-0.39, 0.29) is 11.5 Å². The summed E-state index contributed by atoms with van der Waals surface area (Å²) in [6.07, 6.45) is 2.31. The lowest BCUT2D eigenvalue weighted by molar-refractivity contribution is 0.0948. The van der Waals surface area contributed by atoms with E-state index < -0.39 is 5.82 Å². The van der Waals surface area contributed by atoms with Crippen molar-refractivity contribution in [2.24, 2.45) is 5.92 Å². The van der Waals surface area contributed by atoms with Crippen molar-refractivity contribution >= 4 is 17.5 Å². The van der Waals surface area contributed by atoms with Crippen molar-refractivity contribution in [1.29, 1.82) is 0 Å². The number of halogens is 2. The third kappa shape index (κ3) is 2.69. The molecule has 80 valence electrons. The summed E-state index contributed by atoms with van der Waals surface area (Å²) in [6, 6.07) is 4.06. The number of nitrogens with one attached hydrogen (secondary N) is 1. The second-order valence-corrected chi connectivity index (χ2v) is 4.21. The Morgan fingerprint density at radius 2 is 2.27 bits per heavy atom. The van der Waals surface area contributed by atoms with Gasteiger partial charge in [0.05, 0.1) is 5.56 Å². The van der Waals surface area contributed by atoms with Crippen LogP contribution in [0.5, 0.6) is 0 Å². The quantitative estimate of drug-likeness (QED) is 0.845. The molecule has 1 aromatic rings. The molecule has 2 nitrogen and oxygen atoms in total. The van der Waals surface area contributed by atoms with Crippen LogP contribution in [-0.4, -0.2) is 12.5 Å². The molecule has 0 bridgehead atoms. The van der Waals surface area contributed by atoms with Crippen molar-refractivity contribution in [1.82, 2.24) is 5.32 Å². The highest BCUT2D eigenvalue weighted by Crippen LogP contribution is 2.27. The second kappa shape index (κ2) is 4.19. The summed E-state index contributed by atoms with van der Waals surface area (Å²) in [4.78, 5) is 11.5. The van der Waals surface area contributed by atoms with Gasteiger partial charge in [-0.25, -0.2) is 4.39 Å². The molecule has 1 saturated carbocycles. The smallest absolute Gasteiger partial charge is 0.254 e. The minimum Gasteiger partial charge on any atom is -0.352 e. The van der Waals surface area contributed by atoms with Gasteiger partial charge in [0, 0.05) is 11.6 Å². The number of hydrogen-bond donors (Lipinski definition) is 1. The first-order valence-corrected chi connectivity index (χ1v) is 5.28. The number of amides is 1. The van der Waals surface area contributed by atoms with Crippen LogP contribution in [0.2, 0.25) is 5.02 Å². The van der Waals surface area contributed by atoms with E-state index in [1.165, 1.54) is 12.1 Å². The van der Waals surface area contributed by atoms with Crippen molar-refractivity contribution in [2.75, 3.05) is 6.54 Å². The zero-order valence-electron chi connectivity index (χ0n) is 8.09. The van der Waals surface area contributed by atoms with Crippen molar-refractivity contribution in [3.63, 3.8) is 0 Å². The summed E-state index contributed by atoms with van der Waals surface area (Å²) in [5.74, 6) is -0.351. The van der Waals surface area contributed by atoms with E-state index in [1.807, 2.05) is 0 Å². The molecule has 4 heteroatoms. The molecule has 15 heavy (non-hydrogen) atoms. The number of carbonyl (C=O) groups is 1. The van der Waals surface area contributed by atoms with Crippen molar-refractivity contribution < 1.29 is 9.18 Å². The molecule has 0 atom stereocenters. The van der Waals surface area contributed by atoms with Crippen LogP contribution in [0.1, 0.15) is 23.2 Å². The van der Waals surface area contributed by atoms with Gasteiger partial charge < -0.3 is 5.32 Å². The average molecular weight is 228 g/mol. The van der Waals surface area contributed by atoms with Gasteiger partial charge in [-0.15, -0.1) is 0 Å². The lowest BCUT2D eigenvalue weighted by atomic mass is 10.2. The van der Waals surface area contributed by atoms with E-state index >= 15 is 0 Å². The minimum atomic E-state index is -0.573. The first-order valence-electron chi connectivity index (χ1n) is 4.90. The van der Waals surface area contributed by atoms with Gasteiger partial charge in [-0.3, -0.25) is 4.79 Å². The molecule has 1 fully saturated rings. The molecule has 0 unspecified atom stereocenters. The summed E-state index contributed by atoms with van der Waals surface area (Å²) >= 11 is 5.59. The van der Waals surface area contributed by atoms with Crippen molar-refractivity contribution in [3.8, 4) is 0 Å². The maximum Gasteiger partial charge on any atom is 0.254 e. The van der Waals surface area contributed by atoms with Crippen LogP contribution < -0.4 is 5.32 Å². The Morgan fingerprint density at radius 3 is 2.87 bits per heavy atom. The highest BCUT2D eigenvalue weighted by atomic mass is 35.5. The summed E-state index contributed by atoms with van der Waals surface area (Å²) in [5.41, 5.74) is 0.0556. The third-order valence-corrected chi connectivity index (χ3v) is 2.66. The first kappa shape index (κ1) is 10.4. The third-order valence-electron chi connectivity index (χ3n) is 2.42. The van der Waals surface area contributed by atoms with E-state index in [0.717, 1.165) is 18.9 Å². The van der Waals surface area contributed by atoms with Gasteiger partial charge in [0.2, 0.25) is 0 Å². The minimum absolute atomic E-state index is 0.0556. The fraction of sp³-hybridized carbons (Fsp3) is 0.364. The van der Waals surface area contributed by atoms with E-state index in [0.29, 0.717) is 17.5 Å². The number of hydrogen-bond acceptors (Lipinski definition) is 1. The van der Waals surface area contributed by atoms with E-state index in [2.05, 4.69) is 5.32 Å². The molecule has 1 aliphatic carbocycles.